The number of aryl methyl sites for hydroxylation is 3. The molecule has 0 bridgehead atoms. The molecule has 4 nitrogen and oxygen atoms in total. The SMILES string of the molecule is CCc1ccc(OCc2cccc(CC)c2NC(=O)OC)c(C)c1. The Labute approximate surface area is 143 Å². The molecule has 0 aliphatic heterocycles. The highest BCUT2D eigenvalue weighted by atomic mass is 16.5. The molecule has 0 unspecified atom stereocenters. The van der Waals surface area contributed by atoms with Gasteiger partial charge in [-0.1, -0.05) is 44.2 Å². The zero-order valence-corrected chi connectivity index (χ0v) is 14.8. The van der Waals surface area contributed by atoms with E-state index < -0.39 is 6.09 Å². The Kier molecular flexibility index (Phi) is 6.24. The van der Waals surface area contributed by atoms with Crippen molar-refractivity contribution < 1.29 is 14.3 Å². The summed E-state index contributed by atoms with van der Waals surface area (Å²) in [5, 5.41) is 2.81. The van der Waals surface area contributed by atoms with E-state index in [0.717, 1.165) is 41.0 Å². The maximum atomic E-state index is 11.6. The molecule has 0 fully saturated rings. The van der Waals surface area contributed by atoms with E-state index in [-0.39, 0.29) is 0 Å². The lowest BCUT2D eigenvalue weighted by molar-refractivity contribution is 0.187. The summed E-state index contributed by atoms with van der Waals surface area (Å²) >= 11 is 0. The van der Waals surface area contributed by atoms with Crippen LogP contribution in [0.1, 0.15) is 36.1 Å². The maximum absolute atomic E-state index is 11.6. The topological polar surface area (TPSA) is 47.6 Å². The van der Waals surface area contributed by atoms with E-state index in [4.69, 9.17) is 9.47 Å². The molecule has 128 valence electrons. The zero-order valence-electron chi connectivity index (χ0n) is 14.8. The van der Waals surface area contributed by atoms with Gasteiger partial charge in [-0.15, -0.1) is 0 Å². The minimum absolute atomic E-state index is 0.388. The molecule has 0 saturated heterocycles. The van der Waals surface area contributed by atoms with Gasteiger partial charge < -0.3 is 9.47 Å². The Bertz CT molecular complexity index is 710. The van der Waals surface area contributed by atoms with Crippen LogP contribution in [0.5, 0.6) is 5.75 Å². The van der Waals surface area contributed by atoms with Gasteiger partial charge in [0.05, 0.1) is 12.8 Å². The summed E-state index contributed by atoms with van der Waals surface area (Å²) in [6.07, 6.45) is 1.35. The van der Waals surface area contributed by atoms with E-state index >= 15 is 0 Å². The van der Waals surface area contributed by atoms with Crippen LogP contribution in [0.4, 0.5) is 10.5 Å². The predicted molar refractivity (Wildman–Crippen MR) is 96.7 cm³/mol. The zero-order chi connectivity index (χ0) is 17.5. The maximum Gasteiger partial charge on any atom is 0.411 e. The molecular weight excluding hydrogens is 302 g/mol. The summed E-state index contributed by atoms with van der Waals surface area (Å²) in [6, 6.07) is 12.2. The van der Waals surface area contributed by atoms with Gasteiger partial charge in [0.15, 0.2) is 0 Å². The van der Waals surface area contributed by atoms with Gasteiger partial charge in [-0.05, 0) is 42.5 Å². The van der Waals surface area contributed by atoms with E-state index in [2.05, 4.69) is 31.3 Å². The summed E-state index contributed by atoms with van der Waals surface area (Å²) in [5.74, 6) is 0.859. The Hall–Kier alpha value is -2.49. The fourth-order valence-electron chi connectivity index (χ4n) is 2.63. The number of para-hydroxylation sites is 1. The summed E-state index contributed by atoms with van der Waals surface area (Å²) in [6.45, 7) is 6.62. The molecule has 2 aromatic rings. The Morgan fingerprint density at radius 3 is 2.46 bits per heavy atom. The van der Waals surface area contributed by atoms with Gasteiger partial charge in [0.1, 0.15) is 12.4 Å². The lowest BCUT2D eigenvalue weighted by Gasteiger charge is -2.16. The molecule has 4 heteroatoms. The standard InChI is InChI=1S/C20H25NO3/c1-5-15-10-11-18(14(3)12-15)24-13-17-9-7-8-16(6-2)19(17)21-20(22)23-4/h7-12H,5-6,13H2,1-4H3,(H,21,22). The summed E-state index contributed by atoms with van der Waals surface area (Å²) in [4.78, 5) is 11.6. The average molecular weight is 327 g/mol. The number of hydrogen-bond donors (Lipinski definition) is 1. The van der Waals surface area contributed by atoms with Crippen molar-refractivity contribution >= 4 is 11.8 Å². The monoisotopic (exact) mass is 327 g/mol. The lowest BCUT2D eigenvalue weighted by atomic mass is 10.1. The third-order valence-corrected chi connectivity index (χ3v) is 4.06. The number of ether oxygens (including phenoxy) is 2. The van der Waals surface area contributed by atoms with Crippen LogP contribution in [0.25, 0.3) is 0 Å². The van der Waals surface area contributed by atoms with Crippen LogP contribution < -0.4 is 10.1 Å². The van der Waals surface area contributed by atoms with Gasteiger partial charge in [0.2, 0.25) is 0 Å². The summed E-state index contributed by atoms with van der Waals surface area (Å²) < 4.78 is 10.7. The summed E-state index contributed by atoms with van der Waals surface area (Å²) in [5.41, 5.74) is 5.16. The predicted octanol–water partition coefficient (Wildman–Crippen LogP) is 4.88. The second kappa shape index (κ2) is 8.39. The average Bonchev–Trinajstić information content (AvgIpc) is 2.61. The smallest absolute Gasteiger partial charge is 0.411 e. The number of nitrogens with one attached hydrogen (secondary N) is 1. The number of benzene rings is 2. The van der Waals surface area contributed by atoms with Crippen molar-refractivity contribution in [1.82, 2.24) is 0 Å². The molecule has 0 aromatic heterocycles. The number of hydrogen-bond acceptors (Lipinski definition) is 3. The van der Waals surface area contributed by atoms with Crippen molar-refractivity contribution in [2.45, 2.75) is 40.2 Å². The van der Waals surface area contributed by atoms with Crippen molar-refractivity contribution in [3.63, 3.8) is 0 Å². The van der Waals surface area contributed by atoms with Crippen LogP contribution >= 0.6 is 0 Å². The molecule has 0 aliphatic carbocycles. The third kappa shape index (κ3) is 4.28. The Morgan fingerprint density at radius 2 is 1.83 bits per heavy atom. The Balaban J connectivity index is 2.21. The minimum atomic E-state index is -0.472. The first-order valence-corrected chi connectivity index (χ1v) is 8.27. The van der Waals surface area contributed by atoms with Crippen LogP contribution in [-0.4, -0.2) is 13.2 Å². The van der Waals surface area contributed by atoms with Crippen LogP contribution in [-0.2, 0) is 24.2 Å². The summed E-state index contributed by atoms with van der Waals surface area (Å²) in [7, 11) is 1.36. The van der Waals surface area contributed by atoms with E-state index in [9.17, 15) is 4.79 Å². The van der Waals surface area contributed by atoms with Gasteiger partial charge in [0.25, 0.3) is 0 Å². The Morgan fingerprint density at radius 1 is 1.08 bits per heavy atom. The van der Waals surface area contributed by atoms with Crippen LogP contribution in [0.3, 0.4) is 0 Å². The number of carbonyl (C=O) groups excluding carboxylic acids is 1. The second-order valence-corrected chi connectivity index (χ2v) is 5.66. The molecule has 1 N–H and O–H groups in total. The van der Waals surface area contributed by atoms with Gasteiger partial charge >= 0.3 is 6.09 Å². The molecule has 0 radical (unpaired) electrons. The van der Waals surface area contributed by atoms with Crippen molar-refractivity contribution in [2.75, 3.05) is 12.4 Å². The van der Waals surface area contributed by atoms with E-state index in [0.29, 0.717) is 6.61 Å². The highest BCUT2D eigenvalue weighted by Crippen LogP contribution is 2.26. The molecule has 0 saturated carbocycles. The van der Waals surface area contributed by atoms with Crippen molar-refractivity contribution in [2.24, 2.45) is 0 Å². The van der Waals surface area contributed by atoms with Crippen LogP contribution in [0.2, 0.25) is 0 Å². The number of methoxy groups -OCH3 is 1. The van der Waals surface area contributed by atoms with Gasteiger partial charge in [-0.2, -0.15) is 0 Å². The molecule has 2 aromatic carbocycles. The molecule has 0 aliphatic rings. The molecular formula is C20H25NO3. The highest BCUT2D eigenvalue weighted by Gasteiger charge is 2.12. The molecule has 0 spiro atoms. The fourth-order valence-corrected chi connectivity index (χ4v) is 2.63. The normalized spacial score (nSPS) is 10.3. The van der Waals surface area contributed by atoms with Gasteiger partial charge in [0, 0.05) is 5.56 Å². The van der Waals surface area contributed by atoms with E-state index in [1.807, 2.05) is 31.2 Å². The van der Waals surface area contributed by atoms with Gasteiger partial charge in [-0.25, -0.2) is 4.79 Å². The second-order valence-electron chi connectivity index (χ2n) is 5.66. The van der Waals surface area contributed by atoms with Crippen LogP contribution in [0.15, 0.2) is 36.4 Å². The van der Waals surface area contributed by atoms with Crippen molar-refractivity contribution in [3.8, 4) is 5.75 Å². The fraction of sp³-hybridized carbons (Fsp3) is 0.350. The van der Waals surface area contributed by atoms with E-state index in [1.54, 1.807) is 0 Å². The van der Waals surface area contributed by atoms with Crippen molar-refractivity contribution in [1.29, 1.82) is 0 Å². The molecule has 24 heavy (non-hydrogen) atoms. The van der Waals surface area contributed by atoms with Gasteiger partial charge in [-0.3, -0.25) is 5.32 Å². The number of anilines is 1. The number of amides is 1. The highest BCUT2D eigenvalue weighted by molar-refractivity contribution is 5.86. The molecule has 0 atom stereocenters. The van der Waals surface area contributed by atoms with Crippen molar-refractivity contribution in [3.05, 3.63) is 58.7 Å². The lowest BCUT2D eigenvalue weighted by Crippen LogP contribution is -2.15. The van der Waals surface area contributed by atoms with E-state index in [1.165, 1.54) is 12.7 Å². The quantitative estimate of drug-likeness (QED) is 0.823. The minimum Gasteiger partial charge on any atom is -0.489 e. The number of carbonyl (C=O) groups is 1. The molecule has 2 rings (SSSR count). The largest absolute Gasteiger partial charge is 0.489 e. The first-order valence-electron chi connectivity index (χ1n) is 8.27. The first-order chi connectivity index (χ1) is 11.6. The first kappa shape index (κ1) is 17.9. The third-order valence-electron chi connectivity index (χ3n) is 4.06. The molecule has 1 amide bonds. The number of rotatable bonds is 6. The molecule has 0 heterocycles. The van der Waals surface area contributed by atoms with Crippen LogP contribution in [0, 0.1) is 6.92 Å².